The molecule has 6 heteroatoms. The lowest BCUT2D eigenvalue weighted by Gasteiger charge is -2.48. The van der Waals surface area contributed by atoms with Crippen LogP contribution < -0.4 is 12.4 Å². The van der Waals surface area contributed by atoms with Gasteiger partial charge in [0.1, 0.15) is 6.10 Å². The standard InChI is InChI=1S/C33H53ClO2PSi.ClH/c1-5-32(27-21-23-28(34)24-22-27)35-33(36-38(2,3)4)25-26-37(29-15-9-6-10-16-29,30-17-11-7-12-18-30)31-19-13-8-14-20-31;/h5,21-25,29-32H,1,6-20,26H2,2-4H3;1H/q+1;/p-1/b33-25-;. The molecule has 0 aromatic heterocycles. The quantitative estimate of drug-likeness (QED) is 0.109. The van der Waals surface area contributed by atoms with Gasteiger partial charge in [-0.15, -0.1) is 0 Å². The van der Waals surface area contributed by atoms with Gasteiger partial charge in [0.2, 0.25) is 8.32 Å². The Morgan fingerprint density at radius 1 is 0.846 bits per heavy atom. The molecule has 4 rings (SSSR count). The number of hydrogen-bond donors (Lipinski definition) is 0. The molecule has 0 amide bonds. The zero-order valence-electron chi connectivity index (χ0n) is 24.8. The monoisotopic (exact) mass is 610 g/mol. The Kier molecular flexibility index (Phi) is 13.3. The van der Waals surface area contributed by atoms with Gasteiger partial charge in [-0.1, -0.05) is 49.6 Å². The van der Waals surface area contributed by atoms with Crippen LogP contribution in [0.4, 0.5) is 0 Å². The molecule has 0 heterocycles. The average Bonchev–Trinajstić information content (AvgIpc) is 2.93. The summed E-state index contributed by atoms with van der Waals surface area (Å²) in [7, 11) is -3.10. The van der Waals surface area contributed by atoms with Crippen molar-refractivity contribution in [1.29, 1.82) is 0 Å². The van der Waals surface area contributed by atoms with Gasteiger partial charge >= 0.3 is 0 Å². The third kappa shape index (κ3) is 9.00. The van der Waals surface area contributed by atoms with Crippen molar-refractivity contribution in [3.05, 3.63) is 59.5 Å². The molecule has 39 heavy (non-hydrogen) atoms. The molecule has 1 atom stereocenters. The SMILES string of the molecule is C=CC(O/C(=C/C[P+](C1CCCCC1)(C1CCCCC1)C1CCCCC1)O[Si](C)(C)C)c1ccc(Cl)cc1.[Cl-]. The van der Waals surface area contributed by atoms with Crippen molar-refractivity contribution < 1.29 is 21.6 Å². The van der Waals surface area contributed by atoms with Gasteiger partial charge in [0.15, 0.2) is 0 Å². The number of halogens is 2. The molecule has 1 unspecified atom stereocenters. The van der Waals surface area contributed by atoms with Crippen molar-refractivity contribution in [3.63, 3.8) is 0 Å². The van der Waals surface area contributed by atoms with Gasteiger partial charge in [0.05, 0.1) is 23.1 Å². The van der Waals surface area contributed by atoms with E-state index >= 15 is 0 Å². The molecule has 0 radical (unpaired) electrons. The van der Waals surface area contributed by atoms with Gasteiger partial charge in [-0.05, 0) is 120 Å². The summed E-state index contributed by atoms with van der Waals surface area (Å²) in [4.78, 5) is 0. The molecule has 3 aliphatic rings. The van der Waals surface area contributed by atoms with Gasteiger partial charge in [-0.3, -0.25) is 0 Å². The Hall–Kier alpha value is -0.473. The zero-order valence-corrected chi connectivity index (χ0v) is 28.2. The molecule has 3 saturated carbocycles. The van der Waals surface area contributed by atoms with Crippen LogP contribution in [-0.2, 0) is 9.16 Å². The van der Waals surface area contributed by atoms with E-state index in [0.717, 1.165) is 33.5 Å². The van der Waals surface area contributed by atoms with E-state index in [1.807, 2.05) is 30.3 Å². The molecule has 0 spiro atoms. The molecule has 0 N–H and O–H groups in total. The fourth-order valence-corrected chi connectivity index (χ4v) is 15.7. The maximum atomic E-state index is 6.69. The number of allylic oxidation sites excluding steroid dienone is 1. The van der Waals surface area contributed by atoms with Gasteiger partial charge < -0.3 is 21.6 Å². The van der Waals surface area contributed by atoms with E-state index in [-0.39, 0.29) is 18.5 Å². The summed E-state index contributed by atoms with van der Waals surface area (Å²) in [5.41, 5.74) is 3.94. The summed E-state index contributed by atoms with van der Waals surface area (Å²) < 4.78 is 13.4. The van der Waals surface area contributed by atoms with Crippen LogP contribution in [0.3, 0.4) is 0 Å². The zero-order chi connectivity index (χ0) is 27.0. The molecule has 3 fully saturated rings. The van der Waals surface area contributed by atoms with Crippen LogP contribution in [0.5, 0.6) is 0 Å². The normalized spacial score (nSPS) is 21.6. The second kappa shape index (κ2) is 15.7. The van der Waals surface area contributed by atoms with Crippen LogP contribution >= 0.6 is 18.9 Å². The van der Waals surface area contributed by atoms with Crippen molar-refractivity contribution in [2.75, 3.05) is 6.16 Å². The van der Waals surface area contributed by atoms with E-state index in [2.05, 4.69) is 32.3 Å². The van der Waals surface area contributed by atoms with Crippen LogP contribution in [0.1, 0.15) is 108 Å². The lowest BCUT2D eigenvalue weighted by atomic mass is 9.99. The number of ether oxygens (including phenoxy) is 1. The fourth-order valence-electron chi connectivity index (χ4n) is 7.71. The maximum Gasteiger partial charge on any atom is 0.265 e. The van der Waals surface area contributed by atoms with Crippen molar-refractivity contribution in [3.8, 4) is 0 Å². The Bertz CT molecular complexity index is 850. The first-order chi connectivity index (χ1) is 18.3. The van der Waals surface area contributed by atoms with Crippen molar-refractivity contribution >= 4 is 27.2 Å². The van der Waals surface area contributed by atoms with Gasteiger partial charge in [0, 0.05) is 18.4 Å². The van der Waals surface area contributed by atoms with Gasteiger partial charge in [-0.25, -0.2) is 0 Å². The average molecular weight is 612 g/mol. The number of rotatable bonds is 11. The second-order valence-electron chi connectivity index (χ2n) is 13.1. The van der Waals surface area contributed by atoms with Crippen LogP contribution in [-0.4, -0.2) is 31.5 Å². The van der Waals surface area contributed by atoms with Crippen molar-refractivity contribution in [2.24, 2.45) is 0 Å². The highest BCUT2D eigenvalue weighted by Crippen LogP contribution is 2.77. The first-order valence-electron chi connectivity index (χ1n) is 15.6. The third-order valence-corrected chi connectivity index (χ3v) is 16.9. The third-order valence-electron chi connectivity index (χ3n) is 9.40. The molecule has 0 aliphatic heterocycles. The van der Waals surface area contributed by atoms with Gasteiger partial charge in [0.25, 0.3) is 5.95 Å². The second-order valence-corrected chi connectivity index (χ2v) is 22.5. The first kappa shape index (κ1) is 33.0. The topological polar surface area (TPSA) is 18.5 Å². The van der Waals surface area contributed by atoms with E-state index in [4.69, 9.17) is 20.8 Å². The predicted molar refractivity (Wildman–Crippen MR) is 170 cm³/mol. The first-order valence-corrected chi connectivity index (χ1v) is 21.6. The number of benzene rings is 1. The van der Waals surface area contributed by atoms with E-state index < -0.39 is 15.6 Å². The highest BCUT2D eigenvalue weighted by atomic mass is 35.5. The molecule has 0 saturated heterocycles. The van der Waals surface area contributed by atoms with E-state index in [1.54, 1.807) is 0 Å². The van der Waals surface area contributed by atoms with Crippen LogP contribution in [0.15, 0.2) is 48.9 Å². The van der Waals surface area contributed by atoms with Crippen LogP contribution in [0, 0.1) is 0 Å². The van der Waals surface area contributed by atoms with Crippen molar-refractivity contribution in [2.45, 2.75) is 139 Å². The van der Waals surface area contributed by atoms with Gasteiger partial charge in [-0.2, -0.15) is 0 Å². The Balaban J connectivity index is 0.00000420. The van der Waals surface area contributed by atoms with Crippen LogP contribution in [0.2, 0.25) is 24.7 Å². The maximum absolute atomic E-state index is 6.69. The molecule has 1 aromatic rings. The fraction of sp³-hybridized carbons (Fsp3) is 0.697. The summed E-state index contributed by atoms with van der Waals surface area (Å²) in [5, 5.41) is 0.743. The largest absolute Gasteiger partial charge is 1.00 e. The Morgan fingerprint density at radius 3 is 1.67 bits per heavy atom. The Labute approximate surface area is 252 Å². The van der Waals surface area contributed by atoms with E-state index in [9.17, 15) is 0 Å². The lowest BCUT2D eigenvalue weighted by Crippen LogP contribution is -3.00. The summed E-state index contributed by atoms with van der Waals surface area (Å²) in [6.45, 7) is 10.9. The van der Waals surface area contributed by atoms with E-state index in [0.29, 0.717) is 0 Å². The Morgan fingerprint density at radius 2 is 1.28 bits per heavy atom. The van der Waals surface area contributed by atoms with Crippen LogP contribution in [0.25, 0.3) is 0 Å². The summed E-state index contributed by atoms with van der Waals surface area (Å²) >= 11 is 6.18. The van der Waals surface area contributed by atoms with E-state index in [1.165, 1.54) is 102 Å². The molecule has 1 aromatic carbocycles. The minimum atomic E-state index is -1.86. The highest BCUT2D eigenvalue weighted by Gasteiger charge is 2.56. The molecular weight excluding hydrogens is 558 g/mol. The number of hydrogen-bond acceptors (Lipinski definition) is 2. The summed E-state index contributed by atoms with van der Waals surface area (Å²) in [6, 6.07) is 7.96. The predicted octanol–water partition coefficient (Wildman–Crippen LogP) is 8.30. The van der Waals surface area contributed by atoms with Crippen molar-refractivity contribution in [1.82, 2.24) is 0 Å². The molecule has 3 aliphatic carbocycles. The summed E-state index contributed by atoms with van der Waals surface area (Å²) in [6.07, 6.45) is 27.2. The summed E-state index contributed by atoms with van der Waals surface area (Å²) in [5.74, 6) is 0.760. The molecular formula is C33H53Cl2O2PSi. The minimum Gasteiger partial charge on any atom is -1.00 e. The minimum absolute atomic E-state index is 0. The lowest BCUT2D eigenvalue weighted by molar-refractivity contribution is -0.0000146. The molecule has 220 valence electrons. The highest BCUT2D eigenvalue weighted by molar-refractivity contribution is 7.78. The molecule has 0 bridgehead atoms. The molecule has 2 nitrogen and oxygen atoms in total. The smallest absolute Gasteiger partial charge is 0.265 e.